The van der Waals surface area contributed by atoms with Crippen molar-refractivity contribution in [1.29, 1.82) is 0 Å². The molecule has 6 aromatic carbocycles. The number of benzene rings is 6. The van der Waals surface area contributed by atoms with Crippen molar-refractivity contribution in [2.45, 2.75) is 27.7 Å². The van der Waals surface area contributed by atoms with Gasteiger partial charge in [-0.15, -0.1) is 0 Å². The molecule has 0 bridgehead atoms. The van der Waals surface area contributed by atoms with Crippen molar-refractivity contribution in [3.05, 3.63) is 134 Å². The average molecular weight is 513 g/mol. The highest BCUT2D eigenvalue weighted by Gasteiger charge is 2.17. The summed E-state index contributed by atoms with van der Waals surface area (Å²) in [6, 6.07) is 43.7. The quantitative estimate of drug-likeness (QED) is 0.133. The zero-order valence-electron chi connectivity index (χ0n) is 23.2. The van der Waals surface area contributed by atoms with Crippen LogP contribution in [0.5, 0.6) is 0 Å². The van der Waals surface area contributed by atoms with Crippen LogP contribution in [0, 0.1) is 0 Å². The molecule has 0 atom stereocenters. The predicted octanol–water partition coefficient (Wildman–Crippen LogP) is 10.8. The molecule has 0 aliphatic heterocycles. The third kappa shape index (κ3) is 6.25. The molecule has 0 fully saturated rings. The summed E-state index contributed by atoms with van der Waals surface area (Å²) in [6.07, 6.45) is 1.06. The number of fused-ring (bicyclic) bond motifs is 3. The molecular formula is C37H36O2. The lowest BCUT2D eigenvalue weighted by Crippen LogP contribution is -1.91. The summed E-state index contributed by atoms with van der Waals surface area (Å²) >= 11 is 0. The first-order valence-corrected chi connectivity index (χ1v) is 13.5. The predicted molar refractivity (Wildman–Crippen MR) is 170 cm³/mol. The van der Waals surface area contributed by atoms with Gasteiger partial charge in [0, 0.05) is 0 Å². The third-order valence-electron chi connectivity index (χ3n) is 6.20. The summed E-state index contributed by atoms with van der Waals surface area (Å²) in [5.74, 6) is 0. The fraction of sp³-hybridized carbons (Fsp3) is 0.108. The fourth-order valence-corrected chi connectivity index (χ4v) is 4.82. The normalized spacial score (nSPS) is 9.74. The monoisotopic (exact) mass is 512 g/mol. The van der Waals surface area contributed by atoms with Crippen LogP contribution in [0.2, 0.25) is 0 Å². The maximum absolute atomic E-state index is 9.11. The Morgan fingerprint density at radius 1 is 0.513 bits per heavy atom. The molecule has 2 heteroatoms. The fourth-order valence-electron chi connectivity index (χ4n) is 4.82. The summed E-state index contributed by atoms with van der Waals surface area (Å²) < 4.78 is 3.92. The van der Waals surface area contributed by atoms with Crippen LogP contribution in [0.25, 0.3) is 54.6 Å². The van der Waals surface area contributed by atoms with Gasteiger partial charge in [-0.05, 0) is 54.6 Å². The smallest absolute Gasteiger partial charge is 0.297 e. The molecule has 0 aromatic heterocycles. The molecule has 0 aliphatic rings. The highest BCUT2D eigenvalue weighted by molar-refractivity contribution is 6.23. The van der Waals surface area contributed by atoms with Gasteiger partial charge in [0.05, 0.1) is 6.26 Å². The molecule has 0 N–H and O–H groups in total. The second kappa shape index (κ2) is 14.9. The SMILES string of the molecule is C=COC=O.CC.CC.c1ccc(-c2c3ccccc3c(-c3cccc4ccccc34)c3ccccc23)cc1. The minimum Gasteiger partial charge on any atom is -0.437 e. The van der Waals surface area contributed by atoms with Gasteiger partial charge in [-0.2, -0.15) is 0 Å². The Labute approximate surface area is 232 Å². The van der Waals surface area contributed by atoms with E-state index in [0.717, 1.165) is 6.26 Å². The van der Waals surface area contributed by atoms with Gasteiger partial charge in [-0.1, -0.05) is 156 Å². The van der Waals surface area contributed by atoms with Crippen molar-refractivity contribution >= 4 is 38.8 Å². The van der Waals surface area contributed by atoms with E-state index in [1.54, 1.807) is 0 Å². The topological polar surface area (TPSA) is 26.3 Å². The van der Waals surface area contributed by atoms with Crippen LogP contribution in [-0.4, -0.2) is 6.47 Å². The molecule has 0 saturated carbocycles. The number of carbonyl (C=O) groups is 1. The highest BCUT2D eigenvalue weighted by Crippen LogP contribution is 2.44. The molecule has 0 saturated heterocycles. The molecule has 0 amide bonds. The minimum absolute atomic E-state index is 0.312. The van der Waals surface area contributed by atoms with Gasteiger partial charge < -0.3 is 4.74 Å². The highest BCUT2D eigenvalue weighted by atomic mass is 16.5. The third-order valence-corrected chi connectivity index (χ3v) is 6.20. The van der Waals surface area contributed by atoms with E-state index in [9.17, 15) is 0 Å². The summed E-state index contributed by atoms with van der Waals surface area (Å²) in [6.45, 7) is 11.4. The van der Waals surface area contributed by atoms with E-state index in [0.29, 0.717) is 6.47 Å². The van der Waals surface area contributed by atoms with Gasteiger partial charge in [0.25, 0.3) is 6.47 Å². The Balaban J connectivity index is 0.000000416. The van der Waals surface area contributed by atoms with Crippen LogP contribution in [0.3, 0.4) is 0 Å². The maximum atomic E-state index is 9.11. The first-order valence-electron chi connectivity index (χ1n) is 13.5. The lowest BCUT2D eigenvalue weighted by molar-refractivity contribution is -0.123. The molecular weight excluding hydrogens is 476 g/mol. The number of carbonyl (C=O) groups excluding carboxylic acids is 1. The van der Waals surface area contributed by atoms with E-state index in [1.807, 2.05) is 27.7 Å². The van der Waals surface area contributed by atoms with Gasteiger partial charge in [-0.25, -0.2) is 0 Å². The Hall–Kier alpha value is -4.69. The molecule has 0 radical (unpaired) electrons. The van der Waals surface area contributed by atoms with Crippen molar-refractivity contribution in [2.75, 3.05) is 0 Å². The molecule has 39 heavy (non-hydrogen) atoms. The van der Waals surface area contributed by atoms with Crippen LogP contribution in [0.4, 0.5) is 0 Å². The summed E-state index contributed by atoms with van der Waals surface area (Å²) in [5, 5.41) is 7.76. The summed E-state index contributed by atoms with van der Waals surface area (Å²) in [4.78, 5) is 9.11. The molecule has 2 nitrogen and oxygen atoms in total. The van der Waals surface area contributed by atoms with Gasteiger partial charge in [-0.3, -0.25) is 4.79 Å². The second-order valence-electron chi connectivity index (χ2n) is 8.13. The van der Waals surface area contributed by atoms with E-state index in [1.165, 1.54) is 54.6 Å². The van der Waals surface area contributed by atoms with Crippen LogP contribution in [-0.2, 0) is 9.53 Å². The van der Waals surface area contributed by atoms with E-state index in [-0.39, 0.29) is 0 Å². The van der Waals surface area contributed by atoms with Crippen molar-refractivity contribution < 1.29 is 9.53 Å². The van der Waals surface area contributed by atoms with Crippen LogP contribution >= 0.6 is 0 Å². The van der Waals surface area contributed by atoms with E-state index >= 15 is 0 Å². The molecule has 6 aromatic rings. The Bertz CT molecular complexity index is 1580. The Kier molecular flexibility index (Phi) is 11.0. The van der Waals surface area contributed by atoms with Crippen molar-refractivity contribution in [3.8, 4) is 22.3 Å². The van der Waals surface area contributed by atoms with E-state index in [4.69, 9.17) is 4.79 Å². The maximum Gasteiger partial charge on any atom is 0.297 e. The van der Waals surface area contributed by atoms with Gasteiger partial charge in [0.15, 0.2) is 0 Å². The van der Waals surface area contributed by atoms with Crippen LogP contribution < -0.4 is 0 Å². The lowest BCUT2D eigenvalue weighted by Gasteiger charge is -2.18. The van der Waals surface area contributed by atoms with E-state index < -0.39 is 0 Å². The zero-order chi connectivity index (χ0) is 28.0. The second-order valence-corrected chi connectivity index (χ2v) is 8.13. The van der Waals surface area contributed by atoms with Gasteiger partial charge in [0.1, 0.15) is 0 Å². The summed E-state index contributed by atoms with van der Waals surface area (Å²) in [7, 11) is 0. The van der Waals surface area contributed by atoms with Crippen molar-refractivity contribution in [2.24, 2.45) is 0 Å². The minimum atomic E-state index is 0.312. The largest absolute Gasteiger partial charge is 0.437 e. The molecule has 196 valence electrons. The Morgan fingerprint density at radius 2 is 0.949 bits per heavy atom. The van der Waals surface area contributed by atoms with Crippen LogP contribution in [0.15, 0.2) is 134 Å². The van der Waals surface area contributed by atoms with Crippen molar-refractivity contribution in [3.63, 3.8) is 0 Å². The first kappa shape index (κ1) is 28.9. The lowest BCUT2D eigenvalue weighted by atomic mass is 9.85. The molecule has 6 rings (SSSR count). The zero-order valence-corrected chi connectivity index (χ0v) is 23.2. The standard InChI is InChI=1S/C30H20.C3H4O2.2C2H6/c1-2-12-22(13-3-1)29-25-16-6-8-18-27(25)30(28-19-9-7-17-26(28)29)24-20-10-14-21-11-4-5-15-23(21)24;1-2-5-3-4;2*1-2/h1-20H;2-3H,1H2;2*1-2H3. The van der Waals surface area contributed by atoms with Gasteiger partial charge in [0.2, 0.25) is 0 Å². The molecule has 0 spiro atoms. The number of rotatable bonds is 4. The van der Waals surface area contributed by atoms with E-state index in [2.05, 4.69) is 133 Å². The van der Waals surface area contributed by atoms with Crippen molar-refractivity contribution in [1.82, 2.24) is 0 Å². The molecule has 0 unspecified atom stereocenters. The average Bonchev–Trinajstić information content (AvgIpc) is 3.03. The number of hydrogen-bond donors (Lipinski definition) is 0. The number of ether oxygens (including phenoxy) is 1. The van der Waals surface area contributed by atoms with Gasteiger partial charge >= 0.3 is 0 Å². The number of hydrogen-bond acceptors (Lipinski definition) is 2. The molecule has 0 heterocycles. The Morgan fingerprint density at radius 3 is 1.44 bits per heavy atom. The molecule has 0 aliphatic carbocycles. The first-order chi connectivity index (χ1) is 19.3. The van der Waals surface area contributed by atoms with Crippen LogP contribution in [0.1, 0.15) is 27.7 Å². The summed E-state index contributed by atoms with van der Waals surface area (Å²) in [5.41, 5.74) is 5.18.